The number of benzene rings is 2. The van der Waals surface area contributed by atoms with Crippen molar-refractivity contribution in [1.82, 2.24) is 0 Å². The van der Waals surface area contributed by atoms with Crippen LogP contribution in [0.15, 0.2) is 48.5 Å². The lowest BCUT2D eigenvalue weighted by atomic mass is 10.0. The molecule has 0 aliphatic heterocycles. The van der Waals surface area contributed by atoms with Gasteiger partial charge in [-0.25, -0.2) is 4.79 Å². The summed E-state index contributed by atoms with van der Waals surface area (Å²) >= 11 is 0. The summed E-state index contributed by atoms with van der Waals surface area (Å²) in [5.41, 5.74) is 2.18. The van der Waals surface area contributed by atoms with E-state index in [2.05, 4.69) is 19.1 Å². The lowest BCUT2D eigenvalue weighted by Crippen LogP contribution is -2.37. The van der Waals surface area contributed by atoms with Crippen molar-refractivity contribution in [2.24, 2.45) is 0 Å². The predicted molar refractivity (Wildman–Crippen MR) is 79.0 cm³/mol. The fraction of sp³-hybridized carbons (Fsp3) is 0.235. The Balaban J connectivity index is 2.21. The highest BCUT2D eigenvalue weighted by atomic mass is 16.5. The molecule has 0 aliphatic rings. The minimum atomic E-state index is -1.23. The molecule has 0 amide bonds. The van der Waals surface area contributed by atoms with E-state index in [-0.39, 0.29) is 0 Å². The van der Waals surface area contributed by atoms with Crippen LogP contribution in [0.4, 0.5) is 0 Å². The highest BCUT2D eigenvalue weighted by Crippen LogP contribution is 2.25. The molecule has 2 aromatic rings. The first-order chi connectivity index (χ1) is 9.38. The Morgan fingerprint density at radius 3 is 2.25 bits per heavy atom. The first-order valence-corrected chi connectivity index (χ1v) is 6.48. The smallest absolute Gasteiger partial charge is 0.347 e. The molecule has 2 aromatic carbocycles. The van der Waals surface area contributed by atoms with E-state index in [0.29, 0.717) is 5.75 Å². The molecule has 20 heavy (non-hydrogen) atoms. The summed E-state index contributed by atoms with van der Waals surface area (Å²) < 4.78 is 5.48. The third kappa shape index (κ3) is 3.18. The topological polar surface area (TPSA) is 46.5 Å². The second-order valence-electron chi connectivity index (χ2n) is 5.31. The van der Waals surface area contributed by atoms with E-state index >= 15 is 0 Å². The summed E-state index contributed by atoms with van der Waals surface area (Å²) in [5.74, 6) is -0.436. The summed E-state index contributed by atoms with van der Waals surface area (Å²) in [4.78, 5) is 11.0. The third-order valence-electron chi connectivity index (χ3n) is 3.09. The third-order valence-corrected chi connectivity index (χ3v) is 3.09. The quantitative estimate of drug-likeness (QED) is 0.916. The first kappa shape index (κ1) is 14.1. The highest BCUT2D eigenvalue weighted by Gasteiger charge is 2.29. The zero-order chi connectivity index (χ0) is 14.8. The monoisotopic (exact) mass is 270 g/mol. The first-order valence-electron chi connectivity index (χ1n) is 6.48. The molecule has 0 radical (unpaired) electrons. The summed E-state index contributed by atoms with van der Waals surface area (Å²) in [7, 11) is 0. The van der Waals surface area contributed by atoms with Gasteiger partial charge >= 0.3 is 5.97 Å². The molecule has 1 N–H and O–H groups in total. The van der Waals surface area contributed by atoms with Crippen molar-refractivity contribution in [2.75, 3.05) is 0 Å². The Hall–Kier alpha value is -2.29. The number of carboxylic acid groups (broad SMARTS) is 1. The van der Waals surface area contributed by atoms with Crippen LogP contribution in [-0.4, -0.2) is 16.7 Å². The van der Waals surface area contributed by atoms with Gasteiger partial charge in [0, 0.05) is 0 Å². The van der Waals surface area contributed by atoms with Gasteiger partial charge in [0.1, 0.15) is 5.75 Å². The van der Waals surface area contributed by atoms with Crippen molar-refractivity contribution in [3.63, 3.8) is 0 Å². The Bertz CT molecular complexity index is 612. The normalized spacial score (nSPS) is 11.2. The van der Waals surface area contributed by atoms with Gasteiger partial charge in [0.15, 0.2) is 5.60 Å². The zero-order valence-electron chi connectivity index (χ0n) is 11.9. The molecular weight excluding hydrogens is 252 g/mol. The Labute approximate surface area is 118 Å². The van der Waals surface area contributed by atoms with Crippen LogP contribution in [0.2, 0.25) is 0 Å². The van der Waals surface area contributed by atoms with E-state index in [1.54, 1.807) is 12.1 Å². The minimum Gasteiger partial charge on any atom is -0.478 e. The maximum atomic E-state index is 11.0. The van der Waals surface area contributed by atoms with Crippen LogP contribution in [0.5, 0.6) is 5.75 Å². The largest absolute Gasteiger partial charge is 0.478 e. The van der Waals surface area contributed by atoms with Gasteiger partial charge in [0.05, 0.1) is 0 Å². The summed E-state index contributed by atoms with van der Waals surface area (Å²) in [5, 5.41) is 9.04. The van der Waals surface area contributed by atoms with E-state index in [9.17, 15) is 4.79 Å². The van der Waals surface area contributed by atoms with Gasteiger partial charge in [-0.2, -0.15) is 0 Å². The molecule has 0 atom stereocenters. The van der Waals surface area contributed by atoms with Crippen molar-refractivity contribution in [2.45, 2.75) is 26.4 Å². The molecule has 2 rings (SSSR count). The molecule has 0 spiro atoms. The number of rotatable bonds is 4. The van der Waals surface area contributed by atoms with Crippen molar-refractivity contribution in [1.29, 1.82) is 0 Å². The van der Waals surface area contributed by atoms with E-state index < -0.39 is 11.6 Å². The lowest BCUT2D eigenvalue weighted by molar-refractivity contribution is -0.152. The summed E-state index contributed by atoms with van der Waals surface area (Å²) in [6, 6.07) is 15.7. The SMILES string of the molecule is Cc1cccc(-c2ccc(OC(C)(C)C(=O)O)cc2)c1. The minimum absolute atomic E-state index is 0.550. The lowest BCUT2D eigenvalue weighted by Gasteiger charge is -2.21. The van der Waals surface area contributed by atoms with Gasteiger partial charge in [0.2, 0.25) is 0 Å². The maximum Gasteiger partial charge on any atom is 0.347 e. The molecule has 0 saturated carbocycles. The molecule has 0 aliphatic carbocycles. The molecular formula is C17H18O3. The van der Waals surface area contributed by atoms with Gasteiger partial charge < -0.3 is 9.84 Å². The molecule has 3 nitrogen and oxygen atoms in total. The van der Waals surface area contributed by atoms with E-state index in [4.69, 9.17) is 9.84 Å². The van der Waals surface area contributed by atoms with E-state index in [0.717, 1.165) is 11.1 Å². The van der Waals surface area contributed by atoms with Crippen LogP contribution < -0.4 is 4.74 Å². The van der Waals surface area contributed by atoms with Gasteiger partial charge in [-0.05, 0) is 44.0 Å². The Morgan fingerprint density at radius 1 is 1.05 bits per heavy atom. The van der Waals surface area contributed by atoms with Gasteiger partial charge in [0.25, 0.3) is 0 Å². The van der Waals surface area contributed by atoms with Crippen LogP contribution in [0.1, 0.15) is 19.4 Å². The Kier molecular flexibility index (Phi) is 3.79. The number of hydrogen-bond donors (Lipinski definition) is 1. The molecule has 0 unspecified atom stereocenters. The molecule has 3 heteroatoms. The number of carbonyl (C=O) groups is 1. The molecule has 0 saturated heterocycles. The summed E-state index contributed by atoms with van der Waals surface area (Å²) in [6.45, 7) is 5.12. The molecule has 0 aromatic heterocycles. The molecule has 0 bridgehead atoms. The molecule has 104 valence electrons. The summed E-state index contributed by atoms with van der Waals surface area (Å²) in [6.07, 6.45) is 0. The predicted octanol–water partition coefficient (Wildman–Crippen LogP) is 3.90. The van der Waals surface area contributed by atoms with Crippen molar-refractivity contribution in [3.05, 3.63) is 54.1 Å². The molecule has 0 fully saturated rings. The molecule has 0 heterocycles. The van der Waals surface area contributed by atoms with Gasteiger partial charge in [-0.1, -0.05) is 42.0 Å². The number of aryl methyl sites for hydroxylation is 1. The number of aliphatic carboxylic acids is 1. The van der Waals surface area contributed by atoms with E-state index in [1.807, 2.05) is 24.3 Å². The van der Waals surface area contributed by atoms with Crippen molar-refractivity contribution >= 4 is 5.97 Å². The number of hydrogen-bond acceptors (Lipinski definition) is 2. The van der Waals surface area contributed by atoms with Gasteiger partial charge in [-0.15, -0.1) is 0 Å². The second-order valence-corrected chi connectivity index (χ2v) is 5.31. The zero-order valence-corrected chi connectivity index (χ0v) is 11.9. The van der Waals surface area contributed by atoms with Crippen LogP contribution >= 0.6 is 0 Å². The fourth-order valence-corrected chi connectivity index (χ4v) is 1.88. The van der Waals surface area contributed by atoms with Crippen molar-refractivity contribution in [3.8, 4) is 16.9 Å². The van der Waals surface area contributed by atoms with Crippen LogP contribution in [0.25, 0.3) is 11.1 Å². The second kappa shape index (κ2) is 5.37. The highest BCUT2D eigenvalue weighted by molar-refractivity contribution is 5.76. The van der Waals surface area contributed by atoms with Crippen LogP contribution in [0, 0.1) is 6.92 Å². The van der Waals surface area contributed by atoms with Crippen LogP contribution in [0.3, 0.4) is 0 Å². The van der Waals surface area contributed by atoms with Gasteiger partial charge in [-0.3, -0.25) is 0 Å². The van der Waals surface area contributed by atoms with Crippen molar-refractivity contribution < 1.29 is 14.6 Å². The van der Waals surface area contributed by atoms with E-state index in [1.165, 1.54) is 19.4 Å². The maximum absolute atomic E-state index is 11.0. The number of ether oxygens (including phenoxy) is 1. The standard InChI is InChI=1S/C17H18O3/c1-12-5-4-6-14(11-12)13-7-9-15(10-8-13)20-17(2,3)16(18)19/h4-11H,1-3H3,(H,18,19). The number of carboxylic acids is 1. The average molecular weight is 270 g/mol. The fourth-order valence-electron chi connectivity index (χ4n) is 1.88. The average Bonchev–Trinajstić information content (AvgIpc) is 2.39. The van der Waals surface area contributed by atoms with Crippen LogP contribution in [-0.2, 0) is 4.79 Å². The Morgan fingerprint density at radius 2 is 1.70 bits per heavy atom.